The lowest BCUT2D eigenvalue weighted by molar-refractivity contribution is 0.0281. The Hall–Kier alpha value is -0.770. The highest BCUT2D eigenvalue weighted by Crippen LogP contribution is 2.37. The molecule has 1 amide bonds. The molecule has 2 fully saturated rings. The summed E-state index contributed by atoms with van der Waals surface area (Å²) < 4.78 is 5.53. The number of carbonyl (C=O) groups is 1. The smallest absolute Gasteiger partial charge is 0.410 e. The van der Waals surface area contributed by atoms with Gasteiger partial charge in [-0.15, -0.1) is 0 Å². The Morgan fingerprint density at radius 3 is 2.61 bits per heavy atom. The zero-order chi connectivity index (χ0) is 17.0. The van der Waals surface area contributed by atoms with Crippen LogP contribution in [0.4, 0.5) is 4.79 Å². The van der Waals surface area contributed by atoms with Gasteiger partial charge in [0.15, 0.2) is 0 Å². The first-order valence-electron chi connectivity index (χ1n) is 9.49. The van der Waals surface area contributed by atoms with Crippen molar-refractivity contribution in [2.24, 2.45) is 17.8 Å². The zero-order valence-corrected chi connectivity index (χ0v) is 15.7. The van der Waals surface area contributed by atoms with Crippen molar-refractivity contribution in [3.63, 3.8) is 0 Å². The van der Waals surface area contributed by atoms with Crippen LogP contribution in [0.5, 0.6) is 0 Å². The van der Waals surface area contributed by atoms with Gasteiger partial charge < -0.3 is 15.0 Å². The van der Waals surface area contributed by atoms with Crippen molar-refractivity contribution in [2.45, 2.75) is 77.9 Å². The molecular formula is C19H36N2O2. The van der Waals surface area contributed by atoms with Crippen LogP contribution < -0.4 is 5.32 Å². The first kappa shape index (κ1) is 18.6. The number of nitrogens with one attached hydrogen (secondary N) is 1. The summed E-state index contributed by atoms with van der Waals surface area (Å²) in [5.74, 6) is 2.23. The number of likely N-dealkylation sites (tertiary alicyclic amines) is 1. The molecule has 0 radical (unpaired) electrons. The molecule has 23 heavy (non-hydrogen) atoms. The number of carbonyl (C=O) groups excluding carboxylic acids is 1. The average molecular weight is 325 g/mol. The van der Waals surface area contributed by atoms with Crippen molar-refractivity contribution in [1.29, 1.82) is 0 Å². The van der Waals surface area contributed by atoms with Gasteiger partial charge in [0.05, 0.1) is 0 Å². The molecule has 1 aliphatic carbocycles. The van der Waals surface area contributed by atoms with E-state index in [1.807, 2.05) is 25.7 Å². The zero-order valence-electron chi connectivity index (χ0n) is 15.7. The second-order valence-corrected chi connectivity index (χ2v) is 8.49. The van der Waals surface area contributed by atoms with Gasteiger partial charge in [0.2, 0.25) is 0 Å². The molecule has 1 saturated carbocycles. The lowest BCUT2D eigenvalue weighted by Gasteiger charge is -2.37. The van der Waals surface area contributed by atoms with Gasteiger partial charge in [0, 0.05) is 19.1 Å². The van der Waals surface area contributed by atoms with E-state index in [1.54, 1.807) is 0 Å². The predicted molar refractivity (Wildman–Crippen MR) is 94.5 cm³/mol. The van der Waals surface area contributed by atoms with Crippen LogP contribution in [0.15, 0.2) is 0 Å². The summed E-state index contributed by atoms with van der Waals surface area (Å²) in [6.07, 6.45) is 7.71. The summed E-state index contributed by atoms with van der Waals surface area (Å²) in [5.41, 5.74) is -0.407. The Labute approximate surface area is 142 Å². The van der Waals surface area contributed by atoms with E-state index < -0.39 is 5.60 Å². The number of ether oxygens (including phenoxy) is 1. The highest BCUT2D eigenvalue weighted by Gasteiger charge is 2.37. The van der Waals surface area contributed by atoms with Gasteiger partial charge >= 0.3 is 6.09 Å². The standard InChI is InChI=1S/C19H36N2O2/c1-6-14-8-7-9-15(12-14)17(20-5)16-10-11-21(13-16)18(22)23-19(2,3)4/h14-17,20H,6-13H2,1-5H3. The molecule has 0 aromatic heterocycles. The molecule has 1 saturated heterocycles. The van der Waals surface area contributed by atoms with E-state index in [4.69, 9.17) is 4.74 Å². The van der Waals surface area contributed by atoms with Gasteiger partial charge in [0.1, 0.15) is 5.60 Å². The van der Waals surface area contributed by atoms with Gasteiger partial charge in [0.25, 0.3) is 0 Å². The minimum Gasteiger partial charge on any atom is -0.444 e. The Morgan fingerprint density at radius 2 is 2.00 bits per heavy atom. The molecular weight excluding hydrogens is 288 g/mol. The monoisotopic (exact) mass is 324 g/mol. The third-order valence-corrected chi connectivity index (χ3v) is 5.63. The summed E-state index contributed by atoms with van der Waals surface area (Å²) in [6.45, 7) is 9.79. The Morgan fingerprint density at radius 1 is 1.26 bits per heavy atom. The minimum atomic E-state index is -0.407. The SMILES string of the molecule is CCC1CCCC(C(NC)C2CCN(C(=O)OC(C)(C)C)C2)C1. The van der Waals surface area contributed by atoms with Gasteiger partial charge in [-0.3, -0.25) is 0 Å². The number of hydrogen-bond donors (Lipinski definition) is 1. The van der Waals surface area contributed by atoms with E-state index in [0.717, 1.165) is 31.3 Å². The number of hydrogen-bond acceptors (Lipinski definition) is 3. The second-order valence-electron chi connectivity index (χ2n) is 8.49. The summed E-state index contributed by atoms with van der Waals surface area (Å²) >= 11 is 0. The van der Waals surface area contributed by atoms with E-state index in [-0.39, 0.29) is 6.09 Å². The highest BCUT2D eigenvalue weighted by atomic mass is 16.6. The van der Waals surface area contributed by atoms with Crippen LogP contribution >= 0.6 is 0 Å². The molecule has 4 atom stereocenters. The molecule has 0 bridgehead atoms. The predicted octanol–water partition coefficient (Wildman–Crippen LogP) is 4.05. The van der Waals surface area contributed by atoms with Crippen molar-refractivity contribution >= 4 is 6.09 Å². The molecule has 4 unspecified atom stereocenters. The van der Waals surface area contributed by atoms with Gasteiger partial charge in [-0.1, -0.05) is 26.2 Å². The second kappa shape index (κ2) is 7.87. The number of rotatable bonds is 4. The molecule has 134 valence electrons. The molecule has 1 N–H and O–H groups in total. The summed E-state index contributed by atoms with van der Waals surface area (Å²) in [5, 5.41) is 3.59. The molecule has 2 rings (SSSR count). The van der Waals surface area contributed by atoms with Crippen LogP contribution in [-0.4, -0.2) is 42.8 Å². The third kappa shape index (κ3) is 5.10. The first-order valence-corrected chi connectivity index (χ1v) is 9.49. The maximum atomic E-state index is 12.3. The quantitative estimate of drug-likeness (QED) is 0.848. The Balaban J connectivity index is 1.92. The minimum absolute atomic E-state index is 0.148. The molecule has 1 aliphatic heterocycles. The van der Waals surface area contributed by atoms with Crippen LogP contribution in [0, 0.1) is 17.8 Å². The van der Waals surface area contributed by atoms with E-state index >= 15 is 0 Å². The lowest BCUT2D eigenvalue weighted by Crippen LogP contribution is -2.44. The highest BCUT2D eigenvalue weighted by molar-refractivity contribution is 5.68. The van der Waals surface area contributed by atoms with Crippen molar-refractivity contribution in [1.82, 2.24) is 10.2 Å². The maximum absolute atomic E-state index is 12.3. The number of amides is 1. The Bertz CT molecular complexity index is 391. The molecule has 2 aliphatic rings. The van der Waals surface area contributed by atoms with Crippen LogP contribution in [0.25, 0.3) is 0 Å². The van der Waals surface area contributed by atoms with Crippen molar-refractivity contribution in [3.05, 3.63) is 0 Å². The average Bonchev–Trinajstić information content (AvgIpc) is 2.96. The summed E-state index contributed by atoms with van der Waals surface area (Å²) in [7, 11) is 2.09. The molecule has 0 spiro atoms. The molecule has 0 aromatic rings. The molecule has 0 aromatic carbocycles. The fourth-order valence-electron chi connectivity index (χ4n) is 4.46. The molecule has 4 nitrogen and oxygen atoms in total. The van der Waals surface area contributed by atoms with Crippen LogP contribution in [0.3, 0.4) is 0 Å². The maximum Gasteiger partial charge on any atom is 0.410 e. The van der Waals surface area contributed by atoms with Crippen LogP contribution in [-0.2, 0) is 4.74 Å². The van der Waals surface area contributed by atoms with E-state index in [0.29, 0.717) is 12.0 Å². The normalized spacial score (nSPS) is 30.3. The van der Waals surface area contributed by atoms with E-state index in [9.17, 15) is 4.79 Å². The van der Waals surface area contributed by atoms with Crippen molar-refractivity contribution in [2.75, 3.05) is 20.1 Å². The van der Waals surface area contributed by atoms with Crippen molar-refractivity contribution < 1.29 is 9.53 Å². The van der Waals surface area contributed by atoms with Crippen molar-refractivity contribution in [3.8, 4) is 0 Å². The molecule has 1 heterocycles. The fourth-order valence-corrected chi connectivity index (χ4v) is 4.46. The summed E-state index contributed by atoms with van der Waals surface area (Å²) in [6, 6.07) is 0.539. The first-order chi connectivity index (χ1) is 10.8. The molecule has 4 heteroatoms. The fraction of sp³-hybridized carbons (Fsp3) is 0.947. The van der Waals surface area contributed by atoms with Gasteiger partial charge in [-0.25, -0.2) is 4.79 Å². The van der Waals surface area contributed by atoms with E-state index in [1.165, 1.54) is 32.1 Å². The van der Waals surface area contributed by atoms with Crippen LogP contribution in [0.2, 0.25) is 0 Å². The van der Waals surface area contributed by atoms with Crippen LogP contribution in [0.1, 0.15) is 66.2 Å². The number of nitrogens with zero attached hydrogens (tertiary/aromatic N) is 1. The van der Waals surface area contributed by atoms with E-state index in [2.05, 4.69) is 19.3 Å². The lowest BCUT2D eigenvalue weighted by atomic mass is 9.73. The summed E-state index contributed by atoms with van der Waals surface area (Å²) in [4.78, 5) is 14.2. The van der Waals surface area contributed by atoms with Gasteiger partial charge in [-0.2, -0.15) is 0 Å². The Kier molecular flexibility index (Phi) is 6.35. The topological polar surface area (TPSA) is 41.6 Å². The van der Waals surface area contributed by atoms with Gasteiger partial charge in [-0.05, 0) is 64.8 Å². The third-order valence-electron chi connectivity index (χ3n) is 5.63. The largest absolute Gasteiger partial charge is 0.444 e.